The lowest BCUT2D eigenvalue weighted by atomic mass is 10.3. The normalized spacial score (nSPS) is 10.3. The van der Waals surface area contributed by atoms with Gasteiger partial charge in [-0.1, -0.05) is 12.1 Å². The van der Waals surface area contributed by atoms with Gasteiger partial charge in [-0.15, -0.1) is 11.8 Å². The zero-order chi connectivity index (χ0) is 15.0. The Morgan fingerprint density at radius 3 is 2.65 bits per heavy atom. The summed E-state index contributed by atoms with van der Waals surface area (Å²) in [4.78, 5) is 25.0. The van der Waals surface area contributed by atoms with E-state index in [1.54, 1.807) is 23.7 Å². The van der Waals surface area contributed by atoms with Crippen molar-refractivity contribution in [2.75, 3.05) is 19.3 Å². The molecule has 0 unspecified atom stereocenters. The fourth-order valence-corrected chi connectivity index (χ4v) is 3.10. The topological polar surface area (TPSA) is 57.6 Å². The summed E-state index contributed by atoms with van der Waals surface area (Å²) < 4.78 is 1.03. The van der Waals surface area contributed by atoms with Crippen molar-refractivity contribution in [2.45, 2.75) is 24.2 Å². The average Bonchev–Trinajstić information content (AvgIpc) is 2.40. The molecule has 0 saturated heterocycles. The first-order chi connectivity index (χ1) is 9.50. The van der Waals surface area contributed by atoms with Gasteiger partial charge in [-0.2, -0.15) is 0 Å². The first-order valence-corrected chi connectivity index (χ1v) is 8.11. The Kier molecular flexibility index (Phi) is 7.69. The molecule has 4 nitrogen and oxygen atoms in total. The van der Waals surface area contributed by atoms with E-state index in [4.69, 9.17) is 5.11 Å². The van der Waals surface area contributed by atoms with Crippen molar-refractivity contribution in [1.29, 1.82) is 0 Å². The summed E-state index contributed by atoms with van der Waals surface area (Å²) in [6.45, 7) is 0.491. The molecular formula is C14H18BrNO3S. The van der Waals surface area contributed by atoms with E-state index in [1.165, 1.54) is 0 Å². The number of rotatable bonds is 8. The Bertz CT molecular complexity index is 467. The number of halogens is 1. The molecule has 0 aliphatic carbocycles. The molecule has 0 atom stereocenters. The summed E-state index contributed by atoms with van der Waals surface area (Å²) in [5, 5.41) is 8.55. The van der Waals surface area contributed by atoms with Gasteiger partial charge in [0.15, 0.2) is 0 Å². The lowest BCUT2D eigenvalue weighted by molar-refractivity contribution is -0.138. The second kappa shape index (κ2) is 9.02. The lowest BCUT2D eigenvalue weighted by Gasteiger charge is -2.16. The molecule has 0 heterocycles. The molecule has 0 aliphatic rings. The summed E-state index contributed by atoms with van der Waals surface area (Å²) in [6.07, 6.45) is 1.05. The van der Waals surface area contributed by atoms with Gasteiger partial charge in [-0.3, -0.25) is 9.59 Å². The van der Waals surface area contributed by atoms with Crippen molar-refractivity contribution in [1.82, 2.24) is 4.90 Å². The van der Waals surface area contributed by atoms with Crippen LogP contribution in [0.2, 0.25) is 0 Å². The zero-order valence-corrected chi connectivity index (χ0v) is 13.7. The molecule has 110 valence electrons. The van der Waals surface area contributed by atoms with Crippen molar-refractivity contribution in [3.05, 3.63) is 28.7 Å². The minimum Gasteiger partial charge on any atom is -0.481 e. The maximum Gasteiger partial charge on any atom is 0.303 e. The van der Waals surface area contributed by atoms with E-state index in [9.17, 15) is 9.59 Å². The molecule has 1 aromatic rings. The molecule has 1 N–H and O–H groups in total. The van der Waals surface area contributed by atoms with E-state index in [1.807, 2.05) is 24.3 Å². The van der Waals surface area contributed by atoms with Crippen LogP contribution in [0.1, 0.15) is 19.3 Å². The van der Waals surface area contributed by atoms with Gasteiger partial charge in [-0.05, 0) is 34.5 Å². The highest BCUT2D eigenvalue weighted by atomic mass is 79.9. The van der Waals surface area contributed by atoms with E-state index >= 15 is 0 Å². The van der Waals surface area contributed by atoms with E-state index in [0.29, 0.717) is 25.1 Å². The first kappa shape index (κ1) is 17.0. The van der Waals surface area contributed by atoms with Gasteiger partial charge >= 0.3 is 5.97 Å². The Morgan fingerprint density at radius 1 is 1.30 bits per heavy atom. The molecule has 0 spiro atoms. The fourth-order valence-electron chi connectivity index (χ4n) is 1.59. The van der Waals surface area contributed by atoms with Gasteiger partial charge in [-0.25, -0.2) is 0 Å². The SMILES string of the molecule is CN(CCCC(=O)O)C(=O)CCSc1ccccc1Br. The van der Waals surface area contributed by atoms with Crippen LogP contribution in [0, 0.1) is 0 Å². The smallest absolute Gasteiger partial charge is 0.303 e. The standard InChI is InChI=1S/C14H18BrNO3S/c1-16(9-4-7-14(18)19)13(17)8-10-20-12-6-3-2-5-11(12)15/h2-3,5-6H,4,7-10H2,1H3,(H,18,19). The van der Waals surface area contributed by atoms with Crippen molar-refractivity contribution in [3.63, 3.8) is 0 Å². The number of thioether (sulfide) groups is 1. The number of carbonyl (C=O) groups is 2. The van der Waals surface area contributed by atoms with Gasteiger partial charge in [0.2, 0.25) is 5.91 Å². The third-order valence-electron chi connectivity index (χ3n) is 2.72. The summed E-state index contributed by atoms with van der Waals surface area (Å²) in [5.74, 6) is -0.0599. The van der Waals surface area contributed by atoms with E-state index in [0.717, 1.165) is 9.37 Å². The minimum absolute atomic E-state index is 0.0509. The third kappa shape index (κ3) is 6.43. The van der Waals surface area contributed by atoms with Gasteiger partial charge in [0, 0.05) is 41.6 Å². The predicted octanol–water partition coefficient (Wildman–Crippen LogP) is 3.25. The Hall–Kier alpha value is -1.01. The number of hydrogen-bond acceptors (Lipinski definition) is 3. The molecule has 1 amide bonds. The molecule has 6 heteroatoms. The number of carbonyl (C=O) groups excluding carboxylic acids is 1. The van der Waals surface area contributed by atoms with Crippen LogP contribution >= 0.6 is 27.7 Å². The van der Waals surface area contributed by atoms with Crippen LogP contribution in [0.3, 0.4) is 0 Å². The van der Waals surface area contributed by atoms with E-state index in [2.05, 4.69) is 15.9 Å². The Morgan fingerprint density at radius 2 is 2.00 bits per heavy atom. The number of hydrogen-bond donors (Lipinski definition) is 1. The highest BCUT2D eigenvalue weighted by Crippen LogP contribution is 2.27. The van der Waals surface area contributed by atoms with Crippen molar-refractivity contribution < 1.29 is 14.7 Å². The monoisotopic (exact) mass is 359 g/mol. The third-order valence-corrected chi connectivity index (χ3v) is 4.75. The molecule has 0 aliphatic heterocycles. The minimum atomic E-state index is -0.824. The second-order valence-corrected chi connectivity index (χ2v) is 6.33. The van der Waals surface area contributed by atoms with Crippen LogP contribution in [0.5, 0.6) is 0 Å². The highest BCUT2D eigenvalue weighted by molar-refractivity contribution is 9.10. The van der Waals surface area contributed by atoms with Gasteiger partial charge in [0.25, 0.3) is 0 Å². The summed E-state index contributed by atoms with van der Waals surface area (Å²) >= 11 is 5.10. The van der Waals surface area contributed by atoms with Crippen LogP contribution in [-0.2, 0) is 9.59 Å². The van der Waals surface area contributed by atoms with Crippen LogP contribution in [0.15, 0.2) is 33.6 Å². The average molecular weight is 360 g/mol. The molecule has 0 saturated carbocycles. The van der Waals surface area contributed by atoms with Crippen molar-refractivity contribution in [3.8, 4) is 0 Å². The summed E-state index contributed by atoms with van der Waals surface area (Å²) in [7, 11) is 1.72. The predicted molar refractivity (Wildman–Crippen MR) is 84.0 cm³/mol. The number of benzene rings is 1. The van der Waals surface area contributed by atoms with E-state index in [-0.39, 0.29) is 12.3 Å². The molecule has 0 radical (unpaired) electrons. The Balaban J connectivity index is 2.25. The van der Waals surface area contributed by atoms with E-state index < -0.39 is 5.97 Å². The molecule has 0 aromatic heterocycles. The van der Waals surface area contributed by atoms with Gasteiger partial charge < -0.3 is 10.0 Å². The van der Waals surface area contributed by atoms with Crippen molar-refractivity contribution in [2.24, 2.45) is 0 Å². The van der Waals surface area contributed by atoms with Crippen LogP contribution in [0.4, 0.5) is 0 Å². The number of carboxylic acids is 1. The summed E-state index contributed by atoms with van der Waals surface area (Å²) in [5.41, 5.74) is 0. The van der Waals surface area contributed by atoms with Gasteiger partial charge in [0.05, 0.1) is 0 Å². The van der Waals surface area contributed by atoms with Crippen LogP contribution in [-0.4, -0.2) is 41.2 Å². The molecule has 1 rings (SSSR count). The highest BCUT2D eigenvalue weighted by Gasteiger charge is 2.09. The number of carboxylic acid groups (broad SMARTS) is 1. The quantitative estimate of drug-likeness (QED) is 0.723. The molecule has 20 heavy (non-hydrogen) atoms. The fraction of sp³-hybridized carbons (Fsp3) is 0.429. The van der Waals surface area contributed by atoms with Crippen LogP contribution < -0.4 is 0 Å². The maximum absolute atomic E-state index is 11.8. The molecule has 0 fully saturated rings. The Labute approximate surface area is 131 Å². The van der Waals surface area contributed by atoms with Crippen LogP contribution in [0.25, 0.3) is 0 Å². The number of nitrogens with zero attached hydrogens (tertiary/aromatic N) is 1. The van der Waals surface area contributed by atoms with Gasteiger partial charge in [0.1, 0.15) is 0 Å². The largest absolute Gasteiger partial charge is 0.481 e. The molecule has 1 aromatic carbocycles. The lowest BCUT2D eigenvalue weighted by Crippen LogP contribution is -2.28. The molecule has 0 bridgehead atoms. The molecular weight excluding hydrogens is 342 g/mol. The summed E-state index contributed by atoms with van der Waals surface area (Å²) in [6, 6.07) is 7.90. The zero-order valence-electron chi connectivity index (χ0n) is 11.3. The first-order valence-electron chi connectivity index (χ1n) is 6.34. The second-order valence-electron chi connectivity index (χ2n) is 4.34. The number of amides is 1. The van der Waals surface area contributed by atoms with Crippen molar-refractivity contribution >= 4 is 39.6 Å². The maximum atomic E-state index is 11.8. The number of aliphatic carboxylic acids is 1.